The molecule has 0 bridgehead atoms. The van der Waals surface area contributed by atoms with Gasteiger partial charge in [0.25, 0.3) is 11.6 Å². The van der Waals surface area contributed by atoms with Crippen molar-refractivity contribution in [3.05, 3.63) is 189 Å². The van der Waals surface area contributed by atoms with Gasteiger partial charge in [-0.25, -0.2) is 35.1 Å². The van der Waals surface area contributed by atoms with Gasteiger partial charge in [0, 0.05) is 29.9 Å². The second kappa shape index (κ2) is 19.6. The van der Waals surface area contributed by atoms with E-state index in [4.69, 9.17) is 27.0 Å². The molecule has 0 unspecified atom stereocenters. The number of oxazole rings is 1. The molecule has 4 rings (SSSR count). The third kappa shape index (κ3) is 9.46. The summed E-state index contributed by atoms with van der Waals surface area (Å²) in [6.45, 7) is 15.0. The van der Waals surface area contributed by atoms with Crippen molar-refractivity contribution in [1.29, 1.82) is 21.0 Å². The molecule has 3 aromatic carbocycles. The number of ether oxygens (including phenoxy) is 2. The highest BCUT2D eigenvalue weighted by atomic mass is 16.5. The summed E-state index contributed by atoms with van der Waals surface area (Å²) >= 11 is 0. The quantitative estimate of drug-likeness (QED) is 0.0476. The zero-order valence-corrected chi connectivity index (χ0v) is 30.1. The second-order valence-corrected chi connectivity index (χ2v) is 11.1. The Bertz CT molecular complexity index is 2610. The Morgan fingerprint density at radius 3 is 1.89 bits per heavy atom. The highest BCUT2D eigenvalue weighted by molar-refractivity contribution is 5.93. The Morgan fingerprint density at radius 1 is 0.789 bits per heavy atom. The smallest absolute Gasteiger partial charge is 0.337 e. The van der Waals surface area contributed by atoms with Crippen LogP contribution in [-0.4, -0.2) is 26.2 Å². The van der Waals surface area contributed by atoms with Gasteiger partial charge >= 0.3 is 11.9 Å². The summed E-state index contributed by atoms with van der Waals surface area (Å²) in [4.78, 5) is 30.4. The summed E-state index contributed by atoms with van der Waals surface area (Å²) in [5, 5.41) is 52.7. The van der Waals surface area contributed by atoms with Crippen molar-refractivity contribution >= 4 is 35.2 Å². The molecular formula is C44H26N7O6-. The first kappa shape index (κ1) is 40.6. The number of carbonyl (C=O) groups is 2. The minimum Gasteiger partial charge on any atom is -0.540 e. The zero-order chi connectivity index (χ0) is 41.3. The summed E-state index contributed by atoms with van der Waals surface area (Å²) < 4.78 is 16.5. The first-order chi connectivity index (χ1) is 27.7. The number of aromatic nitrogens is 1. The number of methoxy groups -OCH3 is 2. The van der Waals surface area contributed by atoms with Crippen molar-refractivity contribution in [2.75, 3.05) is 14.2 Å². The van der Waals surface area contributed by atoms with E-state index in [1.54, 1.807) is 36.4 Å². The predicted molar refractivity (Wildman–Crippen MR) is 203 cm³/mol. The third-order valence-corrected chi connectivity index (χ3v) is 7.89. The van der Waals surface area contributed by atoms with Gasteiger partial charge in [0.05, 0.1) is 62.3 Å². The van der Waals surface area contributed by atoms with Crippen LogP contribution >= 0.6 is 0 Å². The van der Waals surface area contributed by atoms with E-state index >= 15 is 0 Å². The average Bonchev–Trinajstić information content (AvgIpc) is 3.57. The molecule has 0 amide bonds. The molecule has 1 heterocycles. The van der Waals surface area contributed by atoms with Crippen LogP contribution in [0.15, 0.2) is 131 Å². The average molecular weight is 749 g/mol. The third-order valence-electron chi connectivity index (χ3n) is 7.89. The number of carbonyl (C=O) groups excluding carboxylic acids is 2. The minimum absolute atomic E-state index is 0.0226. The van der Waals surface area contributed by atoms with Crippen molar-refractivity contribution in [3.8, 4) is 35.9 Å². The van der Waals surface area contributed by atoms with Gasteiger partial charge in [0.1, 0.15) is 5.95 Å². The Morgan fingerprint density at radius 2 is 1.39 bits per heavy atom. The van der Waals surface area contributed by atoms with Crippen LogP contribution in [0.3, 0.4) is 0 Å². The van der Waals surface area contributed by atoms with E-state index in [9.17, 15) is 35.7 Å². The SMILES string of the molecule is [C-]#[N+]/C(C#N)=C(/C(C#N)=C/C=C/c1oc([O-])c(/C=C/C=C/C(C#N)=C(/c2ccc(C(=O)OC)cc2)[C-](C#N)[N+]#[C-])[n+]1-c1ccccc1)c1ccc(C(=O)OC)cc1. The molecule has 0 fully saturated rings. The van der Waals surface area contributed by atoms with E-state index in [-0.39, 0.29) is 56.7 Å². The number of allylic oxidation sites excluding steroid dienone is 9. The van der Waals surface area contributed by atoms with Gasteiger partial charge in [0.2, 0.25) is 17.4 Å². The summed E-state index contributed by atoms with van der Waals surface area (Å²) in [6, 6.07) is 27.7. The lowest BCUT2D eigenvalue weighted by molar-refractivity contribution is -0.604. The molecule has 57 heavy (non-hydrogen) atoms. The molecule has 274 valence electrons. The van der Waals surface area contributed by atoms with Crippen LogP contribution in [0.2, 0.25) is 0 Å². The minimum atomic E-state index is -0.741. The van der Waals surface area contributed by atoms with Crippen LogP contribution < -0.4 is 9.67 Å². The maximum Gasteiger partial charge on any atom is 0.337 e. The normalized spacial score (nSPS) is 11.9. The first-order valence-corrected chi connectivity index (χ1v) is 16.3. The second-order valence-electron chi connectivity index (χ2n) is 11.1. The molecule has 0 N–H and O–H groups in total. The van der Waals surface area contributed by atoms with E-state index in [0.29, 0.717) is 16.8 Å². The van der Waals surface area contributed by atoms with Crippen LogP contribution in [-0.2, 0) is 9.47 Å². The number of hydrogen-bond donors (Lipinski definition) is 0. The van der Waals surface area contributed by atoms with Gasteiger partial charge in [0.15, 0.2) is 0 Å². The van der Waals surface area contributed by atoms with Gasteiger partial charge in [-0.2, -0.15) is 10.8 Å². The topological polar surface area (TPSA) is 197 Å². The summed E-state index contributed by atoms with van der Waals surface area (Å²) in [5.41, 5.74) is 1.29. The predicted octanol–water partition coefficient (Wildman–Crippen LogP) is 7.04. The molecule has 13 nitrogen and oxygen atoms in total. The van der Waals surface area contributed by atoms with Crippen molar-refractivity contribution < 1.29 is 33.2 Å². The Kier molecular flexibility index (Phi) is 14.0. The van der Waals surface area contributed by atoms with Gasteiger partial charge in [-0.15, -0.1) is 28.3 Å². The lowest BCUT2D eigenvalue weighted by Gasteiger charge is -2.20. The molecular weight excluding hydrogens is 723 g/mol. The maximum atomic E-state index is 13.2. The van der Waals surface area contributed by atoms with E-state index in [1.165, 1.54) is 110 Å². The molecule has 13 heteroatoms. The first-order valence-electron chi connectivity index (χ1n) is 16.3. The maximum absolute atomic E-state index is 13.2. The van der Waals surface area contributed by atoms with Crippen LogP contribution in [0.1, 0.15) is 43.4 Å². The number of benzene rings is 3. The van der Waals surface area contributed by atoms with Crippen molar-refractivity contribution in [3.63, 3.8) is 0 Å². The highest BCUT2D eigenvalue weighted by Crippen LogP contribution is 2.31. The fraction of sp³-hybridized carbons (Fsp3) is 0.0455. The molecule has 0 spiro atoms. The van der Waals surface area contributed by atoms with Crippen LogP contribution in [0.25, 0.3) is 38.7 Å². The molecule has 4 aromatic rings. The standard InChI is InChI=1S/C44H27N7O6/c1-49-36(27-47)40(29-17-21-31(22-18-29)42(52)55-3)33(25-45)11-8-9-15-38-44(54)57-39(51(38)35-13-6-5-7-14-35)16-10-12-34(26-46)41(37(28-48)50-2)30-19-23-32(24-20-30)43(53)56-4/h5-24,54H,3-4H3/p-1/b11-8+,15-9+,16-10+,34-12+,40-33+,41-37+. The fourth-order valence-electron chi connectivity index (χ4n) is 5.27. The van der Waals surface area contributed by atoms with E-state index in [1.807, 2.05) is 18.2 Å². The molecule has 0 saturated carbocycles. The highest BCUT2D eigenvalue weighted by Gasteiger charge is 2.21. The molecule has 0 aliphatic heterocycles. The van der Waals surface area contributed by atoms with Crippen LogP contribution in [0.5, 0.6) is 5.95 Å². The van der Waals surface area contributed by atoms with Crippen LogP contribution in [0.4, 0.5) is 0 Å². The molecule has 0 atom stereocenters. The van der Waals surface area contributed by atoms with E-state index < -0.39 is 17.9 Å². The van der Waals surface area contributed by atoms with Crippen LogP contribution in [0, 0.1) is 64.5 Å². The van der Waals surface area contributed by atoms with Crippen molar-refractivity contribution in [1.82, 2.24) is 0 Å². The van der Waals surface area contributed by atoms with Crippen molar-refractivity contribution in [2.24, 2.45) is 0 Å². The molecule has 0 aliphatic carbocycles. The van der Waals surface area contributed by atoms with Gasteiger partial charge in [-0.3, -0.25) is 0 Å². The molecule has 0 saturated heterocycles. The summed E-state index contributed by atoms with van der Waals surface area (Å²) in [5.74, 6) is -1.87. The zero-order valence-electron chi connectivity index (χ0n) is 30.1. The Hall–Kier alpha value is -9.14. The van der Waals surface area contributed by atoms with Gasteiger partial charge in [-0.1, -0.05) is 66.3 Å². The monoisotopic (exact) mass is 748 g/mol. The largest absolute Gasteiger partial charge is 0.540 e. The Balaban J connectivity index is 1.77. The van der Waals surface area contributed by atoms with Crippen molar-refractivity contribution in [2.45, 2.75) is 0 Å². The summed E-state index contributed by atoms with van der Waals surface area (Å²) in [7, 11) is 2.46. The lowest BCUT2D eigenvalue weighted by atomic mass is 9.93. The number of para-hydroxylation sites is 1. The lowest BCUT2D eigenvalue weighted by Crippen LogP contribution is -2.34. The number of nitriles is 4. The number of nitrogens with zero attached hydrogens (tertiary/aromatic N) is 7. The summed E-state index contributed by atoms with van der Waals surface area (Å²) in [6.07, 6.45) is 9.87. The van der Waals surface area contributed by atoms with E-state index in [0.717, 1.165) is 0 Å². The number of hydrogen-bond acceptors (Lipinski definition) is 10. The molecule has 1 aromatic heterocycles. The van der Waals surface area contributed by atoms with Gasteiger partial charge < -0.3 is 19.0 Å². The molecule has 0 aliphatic rings. The van der Waals surface area contributed by atoms with E-state index in [2.05, 4.69) is 9.69 Å². The van der Waals surface area contributed by atoms with Gasteiger partial charge in [-0.05, 0) is 29.8 Å². The fourth-order valence-corrected chi connectivity index (χ4v) is 5.27. The Labute approximate surface area is 327 Å². The number of rotatable bonds is 12. The number of esters is 2. The molecule has 0 radical (unpaired) electrons.